The highest BCUT2D eigenvalue weighted by molar-refractivity contribution is 7.16. The zero-order valence-electron chi connectivity index (χ0n) is 12.2. The molecule has 1 aromatic carbocycles. The van der Waals surface area contributed by atoms with Crippen LogP contribution in [-0.4, -0.2) is 20.6 Å². The van der Waals surface area contributed by atoms with E-state index in [4.69, 9.17) is 5.11 Å². The minimum absolute atomic E-state index is 0.0779. The van der Waals surface area contributed by atoms with Crippen LogP contribution >= 0.6 is 11.3 Å². The molecule has 6 nitrogen and oxygen atoms in total. The number of thiophene rings is 1. The first kappa shape index (κ1) is 15.4. The first-order valence-electron chi connectivity index (χ1n) is 7.09. The number of benzene rings is 1. The molecule has 3 rings (SSSR count). The Bertz CT molecular complexity index is 901. The summed E-state index contributed by atoms with van der Waals surface area (Å²) >= 11 is 1.42. The quantitative estimate of drug-likeness (QED) is 0.749. The van der Waals surface area contributed by atoms with Crippen LogP contribution in [0.4, 0.5) is 5.69 Å². The molecular weight excluding hydrogens is 314 g/mol. The molecule has 2 N–H and O–H groups in total. The molecule has 1 amide bonds. The molecule has 0 aliphatic heterocycles. The van der Waals surface area contributed by atoms with Crippen molar-refractivity contribution in [2.24, 2.45) is 0 Å². The molecule has 0 radical (unpaired) electrons. The largest absolute Gasteiger partial charge is 0.392 e. The molecule has 0 atom stereocenters. The second kappa shape index (κ2) is 6.72. The average Bonchev–Trinajstić information content (AvgIpc) is 3.04. The Kier molecular flexibility index (Phi) is 4.50. The molecule has 0 fully saturated rings. The van der Waals surface area contributed by atoms with Gasteiger partial charge in [-0.05, 0) is 29.1 Å². The second-order valence-corrected chi connectivity index (χ2v) is 5.93. The van der Waals surface area contributed by atoms with Gasteiger partial charge in [0, 0.05) is 18.7 Å². The van der Waals surface area contributed by atoms with Crippen LogP contribution in [-0.2, 0) is 17.9 Å². The van der Waals surface area contributed by atoms with Gasteiger partial charge in [-0.2, -0.15) is 0 Å². The molecule has 0 unspecified atom stereocenters. The van der Waals surface area contributed by atoms with Gasteiger partial charge in [-0.15, -0.1) is 11.3 Å². The molecule has 7 heteroatoms. The van der Waals surface area contributed by atoms with Gasteiger partial charge < -0.3 is 10.4 Å². The number of nitrogens with zero attached hydrogens (tertiary/aromatic N) is 2. The van der Waals surface area contributed by atoms with Crippen molar-refractivity contribution in [2.75, 3.05) is 5.32 Å². The van der Waals surface area contributed by atoms with E-state index >= 15 is 0 Å². The lowest BCUT2D eigenvalue weighted by Crippen LogP contribution is -2.23. The number of carbonyl (C=O) groups is 1. The van der Waals surface area contributed by atoms with Gasteiger partial charge in [-0.1, -0.05) is 12.1 Å². The Morgan fingerprint density at radius 1 is 1.35 bits per heavy atom. The topological polar surface area (TPSA) is 84.2 Å². The number of aryl methyl sites for hydroxylation is 1. The predicted octanol–water partition coefficient (Wildman–Crippen LogP) is 1.98. The van der Waals surface area contributed by atoms with E-state index in [0.29, 0.717) is 15.9 Å². The maximum Gasteiger partial charge on any atom is 0.262 e. The number of hydrogen-bond donors (Lipinski definition) is 2. The number of hydrogen-bond acceptors (Lipinski definition) is 5. The molecule has 118 valence electrons. The summed E-state index contributed by atoms with van der Waals surface area (Å²) in [5.41, 5.74) is 1.22. The van der Waals surface area contributed by atoms with Gasteiger partial charge in [-0.25, -0.2) is 4.98 Å². The monoisotopic (exact) mass is 329 g/mol. The zero-order valence-corrected chi connectivity index (χ0v) is 13.0. The Hall–Kier alpha value is -2.51. The van der Waals surface area contributed by atoms with E-state index in [1.807, 2.05) is 5.38 Å². The first-order chi connectivity index (χ1) is 11.2. The standard InChI is InChI=1S/C16H15N3O3S/c20-9-11-2-1-3-12(8-11)18-14(21)4-6-19-10-17-15-13(16(19)22)5-7-23-15/h1-3,5,7-8,10,20H,4,6,9H2,(H,18,21). The van der Waals surface area contributed by atoms with Gasteiger partial charge in [-0.3, -0.25) is 14.2 Å². The number of aliphatic hydroxyl groups excluding tert-OH is 1. The second-order valence-electron chi connectivity index (χ2n) is 5.04. The van der Waals surface area contributed by atoms with Crippen molar-refractivity contribution in [3.8, 4) is 0 Å². The summed E-state index contributed by atoms with van der Waals surface area (Å²) < 4.78 is 1.44. The number of anilines is 1. The van der Waals surface area contributed by atoms with Crippen LogP contribution in [0.25, 0.3) is 10.2 Å². The number of carbonyl (C=O) groups excluding carboxylic acids is 1. The van der Waals surface area contributed by atoms with Crippen LogP contribution in [0.1, 0.15) is 12.0 Å². The number of aliphatic hydroxyl groups is 1. The molecule has 2 aromatic heterocycles. The predicted molar refractivity (Wildman–Crippen MR) is 89.5 cm³/mol. The number of rotatable bonds is 5. The highest BCUT2D eigenvalue weighted by atomic mass is 32.1. The Balaban J connectivity index is 1.66. The van der Waals surface area contributed by atoms with Crippen molar-refractivity contribution >= 4 is 33.1 Å². The van der Waals surface area contributed by atoms with Crippen LogP contribution in [0.3, 0.4) is 0 Å². The fraction of sp³-hybridized carbons (Fsp3) is 0.188. The van der Waals surface area contributed by atoms with E-state index in [1.165, 1.54) is 22.2 Å². The van der Waals surface area contributed by atoms with Crippen LogP contribution in [0.5, 0.6) is 0 Å². The fourth-order valence-corrected chi connectivity index (χ4v) is 2.97. The normalized spacial score (nSPS) is 10.8. The Morgan fingerprint density at radius 3 is 3.04 bits per heavy atom. The van der Waals surface area contributed by atoms with E-state index in [0.717, 1.165) is 5.56 Å². The number of nitrogens with one attached hydrogen (secondary N) is 1. The maximum atomic E-state index is 12.2. The molecule has 0 bridgehead atoms. The lowest BCUT2D eigenvalue weighted by Gasteiger charge is -2.08. The minimum Gasteiger partial charge on any atom is -0.392 e. The summed E-state index contributed by atoms with van der Waals surface area (Å²) in [4.78, 5) is 29.1. The van der Waals surface area contributed by atoms with Crippen molar-refractivity contribution in [3.05, 3.63) is 58.0 Å². The summed E-state index contributed by atoms with van der Waals surface area (Å²) in [6.45, 7) is 0.189. The van der Waals surface area contributed by atoms with Gasteiger partial charge in [0.1, 0.15) is 4.83 Å². The van der Waals surface area contributed by atoms with E-state index in [-0.39, 0.29) is 31.0 Å². The average molecular weight is 329 g/mol. The Morgan fingerprint density at radius 2 is 2.22 bits per heavy atom. The number of aromatic nitrogens is 2. The van der Waals surface area contributed by atoms with Gasteiger partial charge in [0.2, 0.25) is 5.91 Å². The van der Waals surface area contributed by atoms with Crippen molar-refractivity contribution in [2.45, 2.75) is 19.6 Å². The van der Waals surface area contributed by atoms with Crippen LogP contribution in [0.15, 0.2) is 46.8 Å². The summed E-state index contributed by atoms with van der Waals surface area (Å²) in [7, 11) is 0. The molecule has 0 aliphatic rings. The maximum absolute atomic E-state index is 12.2. The zero-order chi connectivity index (χ0) is 16.2. The molecule has 2 heterocycles. The van der Waals surface area contributed by atoms with Crippen molar-refractivity contribution in [3.63, 3.8) is 0 Å². The smallest absolute Gasteiger partial charge is 0.262 e. The van der Waals surface area contributed by atoms with Crippen LogP contribution in [0.2, 0.25) is 0 Å². The van der Waals surface area contributed by atoms with Gasteiger partial charge in [0.15, 0.2) is 0 Å². The fourth-order valence-electron chi connectivity index (χ4n) is 2.25. The van der Waals surface area contributed by atoms with Gasteiger partial charge in [0.05, 0.1) is 18.3 Å². The molecule has 0 saturated heterocycles. The molecule has 23 heavy (non-hydrogen) atoms. The lowest BCUT2D eigenvalue weighted by molar-refractivity contribution is -0.116. The highest BCUT2D eigenvalue weighted by Crippen LogP contribution is 2.14. The van der Waals surface area contributed by atoms with E-state index in [2.05, 4.69) is 10.3 Å². The highest BCUT2D eigenvalue weighted by Gasteiger charge is 2.08. The summed E-state index contributed by atoms with van der Waals surface area (Å²) in [6, 6.07) is 8.74. The summed E-state index contributed by atoms with van der Waals surface area (Å²) in [6.07, 6.45) is 1.64. The summed E-state index contributed by atoms with van der Waals surface area (Å²) in [5, 5.41) is 14.2. The lowest BCUT2D eigenvalue weighted by atomic mass is 10.2. The molecule has 0 spiro atoms. The first-order valence-corrected chi connectivity index (χ1v) is 7.97. The van der Waals surface area contributed by atoms with E-state index < -0.39 is 0 Å². The number of fused-ring (bicyclic) bond motifs is 1. The molecule has 0 saturated carbocycles. The Labute approximate surface area is 136 Å². The van der Waals surface area contributed by atoms with Gasteiger partial charge >= 0.3 is 0 Å². The third kappa shape index (κ3) is 3.46. The minimum atomic E-state index is -0.197. The molecule has 0 aliphatic carbocycles. The van der Waals surface area contributed by atoms with Gasteiger partial charge in [0.25, 0.3) is 5.56 Å². The molecule has 3 aromatic rings. The third-order valence-electron chi connectivity index (χ3n) is 3.42. The van der Waals surface area contributed by atoms with Crippen molar-refractivity contribution in [1.82, 2.24) is 9.55 Å². The van der Waals surface area contributed by atoms with Crippen molar-refractivity contribution < 1.29 is 9.90 Å². The van der Waals surface area contributed by atoms with Crippen molar-refractivity contribution in [1.29, 1.82) is 0 Å². The van der Waals surface area contributed by atoms with E-state index in [1.54, 1.807) is 30.3 Å². The molecular formula is C16H15N3O3S. The van der Waals surface area contributed by atoms with Crippen LogP contribution in [0, 0.1) is 0 Å². The van der Waals surface area contributed by atoms with E-state index in [9.17, 15) is 9.59 Å². The van der Waals surface area contributed by atoms with Crippen LogP contribution < -0.4 is 10.9 Å². The SMILES string of the molecule is O=C(CCn1cnc2sccc2c1=O)Nc1cccc(CO)c1. The number of amides is 1. The summed E-state index contributed by atoms with van der Waals surface area (Å²) in [5.74, 6) is -0.197. The third-order valence-corrected chi connectivity index (χ3v) is 4.24.